The molecule has 0 bridgehead atoms. The summed E-state index contributed by atoms with van der Waals surface area (Å²) in [5.74, 6) is 0.503. The molecule has 19 heavy (non-hydrogen) atoms. The molecule has 0 saturated carbocycles. The van der Waals surface area contributed by atoms with E-state index < -0.39 is 5.54 Å². The van der Waals surface area contributed by atoms with Crippen LogP contribution in [0.1, 0.15) is 23.6 Å². The first-order chi connectivity index (χ1) is 8.85. The molecule has 0 amide bonds. The van der Waals surface area contributed by atoms with Crippen molar-refractivity contribution in [1.82, 2.24) is 5.32 Å². The number of benzene rings is 1. The van der Waals surface area contributed by atoms with Gasteiger partial charge in [0.2, 0.25) is 0 Å². The Kier molecular flexibility index (Phi) is 4.95. The minimum absolute atomic E-state index is 0.224. The normalized spacial score (nSPS) is 13.8. The third kappa shape index (κ3) is 3.26. The minimum atomic E-state index is -0.850. The van der Waals surface area contributed by atoms with E-state index in [-0.39, 0.29) is 12.6 Å². The lowest BCUT2D eigenvalue weighted by atomic mass is 10.0. The van der Waals surface area contributed by atoms with Gasteiger partial charge < -0.3 is 14.8 Å². The summed E-state index contributed by atoms with van der Waals surface area (Å²) in [4.78, 5) is 11.8. The van der Waals surface area contributed by atoms with E-state index in [1.54, 1.807) is 14.0 Å². The topological polar surface area (TPSA) is 47.6 Å². The van der Waals surface area contributed by atoms with E-state index in [0.717, 1.165) is 16.9 Å². The molecule has 4 heteroatoms. The van der Waals surface area contributed by atoms with Crippen LogP contribution in [0.25, 0.3) is 0 Å². The van der Waals surface area contributed by atoms with Gasteiger partial charge in [0.05, 0.1) is 7.11 Å². The van der Waals surface area contributed by atoms with Crippen LogP contribution in [0.15, 0.2) is 12.1 Å². The second-order valence-corrected chi connectivity index (χ2v) is 5.02. The molecular weight excluding hydrogens is 242 g/mol. The van der Waals surface area contributed by atoms with Crippen LogP contribution >= 0.6 is 0 Å². The third-order valence-corrected chi connectivity index (χ3v) is 3.57. The highest BCUT2D eigenvalue weighted by molar-refractivity contribution is 5.80. The van der Waals surface area contributed by atoms with Gasteiger partial charge in [-0.2, -0.15) is 0 Å². The lowest BCUT2D eigenvalue weighted by Crippen LogP contribution is -2.53. The summed E-state index contributed by atoms with van der Waals surface area (Å²) in [7, 11) is 3.09. The van der Waals surface area contributed by atoms with Crippen LogP contribution in [0.4, 0.5) is 0 Å². The Morgan fingerprint density at radius 3 is 2.37 bits per heavy atom. The van der Waals surface area contributed by atoms with Gasteiger partial charge >= 0.3 is 5.97 Å². The predicted molar refractivity (Wildman–Crippen MR) is 75.6 cm³/mol. The van der Waals surface area contributed by atoms with E-state index in [2.05, 4.69) is 11.4 Å². The lowest BCUT2D eigenvalue weighted by molar-refractivity contribution is -0.148. The molecule has 1 atom stereocenters. The maximum absolute atomic E-state index is 11.8. The largest absolute Gasteiger partial charge is 0.490 e. The molecule has 0 aliphatic rings. The Morgan fingerprint density at radius 1 is 1.26 bits per heavy atom. The van der Waals surface area contributed by atoms with Gasteiger partial charge in [0.15, 0.2) is 0 Å². The van der Waals surface area contributed by atoms with Crippen LogP contribution in [0.3, 0.4) is 0 Å². The van der Waals surface area contributed by atoms with E-state index in [4.69, 9.17) is 9.47 Å². The average Bonchev–Trinajstić information content (AvgIpc) is 2.41. The van der Waals surface area contributed by atoms with Crippen LogP contribution < -0.4 is 10.1 Å². The molecule has 0 aromatic heterocycles. The van der Waals surface area contributed by atoms with Crippen molar-refractivity contribution in [3.8, 4) is 5.75 Å². The van der Waals surface area contributed by atoms with Gasteiger partial charge in [-0.3, -0.25) is 0 Å². The van der Waals surface area contributed by atoms with Gasteiger partial charge in [0.25, 0.3) is 0 Å². The highest BCUT2D eigenvalue weighted by atomic mass is 16.5. The zero-order valence-electron chi connectivity index (χ0n) is 12.6. The maximum atomic E-state index is 11.8. The Balaban J connectivity index is 2.93. The fourth-order valence-corrected chi connectivity index (χ4v) is 1.82. The van der Waals surface area contributed by atoms with Crippen molar-refractivity contribution in [2.75, 3.05) is 20.8 Å². The van der Waals surface area contributed by atoms with E-state index in [1.165, 1.54) is 12.7 Å². The highest BCUT2D eigenvalue weighted by Crippen LogP contribution is 2.26. The molecule has 1 aromatic carbocycles. The number of ether oxygens (including phenoxy) is 2. The number of hydrogen-bond acceptors (Lipinski definition) is 4. The number of esters is 1. The van der Waals surface area contributed by atoms with Crippen LogP contribution in [-0.4, -0.2) is 32.3 Å². The van der Waals surface area contributed by atoms with Gasteiger partial charge in [0, 0.05) is 0 Å². The third-order valence-electron chi connectivity index (χ3n) is 3.57. The average molecular weight is 265 g/mol. The molecule has 4 nitrogen and oxygen atoms in total. The smallest absolute Gasteiger partial charge is 0.329 e. The zero-order chi connectivity index (χ0) is 14.6. The summed E-state index contributed by atoms with van der Waals surface area (Å²) in [5, 5.41) is 2.95. The Morgan fingerprint density at radius 2 is 1.84 bits per heavy atom. The highest BCUT2D eigenvalue weighted by Gasteiger charge is 2.34. The van der Waals surface area contributed by atoms with Gasteiger partial charge in [-0.15, -0.1) is 0 Å². The fraction of sp³-hybridized carbons (Fsp3) is 0.533. The number of nitrogens with one attached hydrogen (secondary N) is 1. The van der Waals surface area contributed by atoms with Gasteiger partial charge in [0.1, 0.15) is 17.9 Å². The number of methoxy groups -OCH3 is 1. The molecule has 0 saturated heterocycles. The Bertz CT molecular complexity index is 471. The van der Waals surface area contributed by atoms with Gasteiger partial charge in [-0.1, -0.05) is 12.1 Å². The summed E-state index contributed by atoms with van der Waals surface area (Å²) in [5.41, 5.74) is 2.48. The number of aryl methyl sites for hydroxylation is 2. The summed E-state index contributed by atoms with van der Waals surface area (Å²) in [6.45, 7) is 8.04. The van der Waals surface area contributed by atoms with Gasteiger partial charge in [-0.25, -0.2) is 4.79 Å². The van der Waals surface area contributed by atoms with E-state index >= 15 is 0 Å². The van der Waals surface area contributed by atoms with Crippen LogP contribution in [0.5, 0.6) is 5.75 Å². The van der Waals surface area contributed by atoms with E-state index in [1.807, 2.05) is 26.8 Å². The summed E-state index contributed by atoms with van der Waals surface area (Å²) in [6, 6.07) is 4.08. The first kappa shape index (κ1) is 15.5. The van der Waals surface area contributed by atoms with E-state index in [9.17, 15) is 4.79 Å². The summed E-state index contributed by atoms with van der Waals surface area (Å²) in [6.07, 6.45) is 0. The molecule has 1 aromatic rings. The zero-order valence-corrected chi connectivity index (χ0v) is 12.6. The maximum Gasteiger partial charge on any atom is 0.329 e. The lowest BCUT2D eigenvalue weighted by Gasteiger charge is -2.27. The Hall–Kier alpha value is -1.55. The molecule has 0 aliphatic heterocycles. The second-order valence-electron chi connectivity index (χ2n) is 5.02. The molecule has 106 valence electrons. The van der Waals surface area contributed by atoms with Crippen molar-refractivity contribution >= 4 is 5.97 Å². The molecule has 0 aliphatic carbocycles. The molecule has 0 spiro atoms. The van der Waals surface area contributed by atoms with Gasteiger partial charge in [-0.05, 0) is 51.4 Å². The van der Waals surface area contributed by atoms with Crippen molar-refractivity contribution in [2.45, 2.75) is 33.2 Å². The van der Waals surface area contributed by atoms with Crippen molar-refractivity contribution in [3.63, 3.8) is 0 Å². The SMILES string of the molecule is CNC(C)(COc1c(C)ccc(C)c1C)C(=O)OC. The van der Waals surface area contributed by atoms with Crippen LogP contribution in [-0.2, 0) is 9.53 Å². The number of likely N-dealkylation sites (N-methyl/N-ethyl adjacent to an activating group) is 1. The molecule has 1 N–H and O–H groups in total. The molecule has 0 radical (unpaired) electrons. The summed E-state index contributed by atoms with van der Waals surface area (Å²) < 4.78 is 10.7. The predicted octanol–water partition coefficient (Wildman–Crippen LogP) is 2.14. The van der Waals surface area contributed by atoms with Crippen molar-refractivity contribution in [1.29, 1.82) is 0 Å². The molecule has 1 rings (SSSR count). The first-order valence-corrected chi connectivity index (χ1v) is 6.32. The molecule has 0 heterocycles. The van der Waals surface area contributed by atoms with E-state index in [0.29, 0.717) is 0 Å². The first-order valence-electron chi connectivity index (χ1n) is 6.32. The summed E-state index contributed by atoms with van der Waals surface area (Å²) >= 11 is 0. The standard InChI is InChI=1S/C15H23NO3/c1-10-7-8-11(2)13(12(10)3)19-9-15(4,16-5)14(17)18-6/h7-8,16H,9H2,1-6H3. The van der Waals surface area contributed by atoms with Crippen molar-refractivity contribution in [3.05, 3.63) is 28.8 Å². The minimum Gasteiger partial charge on any atom is -0.490 e. The molecular formula is C15H23NO3. The molecule has 1 unspecified atom stereocenters. The quantitative estimate of drug-likeness (QED) is 0.829. The monoisotopic (exact) mass is 265 g/mol. The Labute approximate surface area is 115 Å². The fourth-order valence-electron chi connectivity index (χ4n) is 1.82. The van der Waals surface area contributed by atoms with Crippen LogP contribution in [0, 0.1) is 20.8 Å². The second kappa shape index (κ2) is 6.06. The molecule has 0 fully saturated rings. The van der Waals surface area contributed by atoms with Crippen molar-refractivity contribution in [2.24, 2.45) is 0 Å². The number of rotatable bonds is 5. The van der Waals surface area contributed by atoms with Crippen LogP contribution in [0.2, 0.25) is 0 Å². The number of carbonyl (C=O) groups is 1. The number of carbonyl (C=O) groups excluding carboxylic acids is 1. The number of hydrogen-bond donors (Lipinski definition) is 1. The van der Waals surface area contributed by atoms with Crippen molar-refractivity contribution < 1.29 is 14.3 Å².